The van der Waals surface area contributed by atoms with Gasteiger partial charge >= 0.3 is 0 Å². The normalized spacial score (nSPS) is 27.3. The van der Waals surface area contributed by atoms with E-state index in [-0.39, 0.29) is 17.2 Å². The van der Waals surface area contributed by atoms with E-state index in [0.29, 0.717) is 11.5 Å². The number of nitrogens with zero attached hydrogens (tertiary/aromatic N) is 1. The minimum atomic E-state index is -0.955. The Labute approximate surface area is 187 Å². The molecule has 2 aliphatic rings. The van der Waals surface area contributed by atoms with Crippen molar-refractivity contribution in [1.29, 1.82) is 0 Å². The van der Waals surface area contributed by atoms with E-state index in [1.54, 1.807) is 6.07 Å². The Hall–Kier alpha value is -1.69. The van der Waals surface area contributed by atoms with Gasteiger partial charge in [-0.25, -0.2) is 0 Å². The average molecular weight is 471 g/mol. The molecule has 1 aliphatic heterocycles. The highest BCUT2D eigenvalue weighted by molar-refractivity contribution is 9.10. The van der Waals surface area contributed by atoms with Crippen molar-refractivity contribution in [1.82, 2.24) is 4.90 Å². The van der Waals surface area contributed by atoms with Gasteiger partial charge in [0.1, 0.15) is 5.72 Å². The lowest BCUT2D eigenvalue weighted by atomic mass is 9.66. The number of carbonyl (C=O) groups excluding carboxylic acids is 1. The van der Waals surface area contributed by atoms with Crippen LogP contribution in [0.5, 0.6) is 0 Å². The number of hydrogen-bond acceptors (Lipinski definition) is 3. The molecule has 0 aromatic heterocycles. The lowest BCUT2D eigenvalue weighted by Gasteiger charge is -2.54. The number of piperidine rings is 1. The van der Waals surface area contributed by atoms with Gasteiger partial charge in [0.15, 0.2) is 0 Å². The Morgan fingerprint density at radius 3 is 2.57 bits per heavy atom. The molecule has 4 rings (SSSR count). The highest BCUT2D eigenvalue weighted by Gasteiger charge is 2.51. The van der Waals surface area contributed by atoms with Gasteiger partial charge in [0.2, 0.25) is 5.91 Å². The molecular formula is C25H31BrN2O2. The van der Waals surface area contributed by atoms with E-state index >= 15 is 0 Å². The van der Waals surface area contributed by atoms with Gasteiger partial charge in [-0.05, 0) is 54.4 Å². The van der Waals surface area contributed by atoms with Crippen LogP contribution < -0.4 is 5.73 Å². The number of carbonyl (C=O) groups is 1. The molecule has 0 radical (unpaired) electrons. The van der Waals surface area contributed by atoms with Gasteiger partial charge in [-0.1, -0.05) is 66.5 Å². The number of rotatable bonds is 5. The van der Waals surface area contributed by atoms with Gasteiger partial charge in [-0.15, -0.1) is 0 Å². The number of amides is 1. The number of likely N-dealkylation sites (tertiary alicyclic amines) is 1. The summed E-state index contributed by atoms with van der Waals surface area (Å²) in [6.07, 6.45) is 4.20. The second-order valence-electron chi connectivity index (χ2n) is 9.29. The molecule has 1 amide bonds. The quantitative estimate of drug-likeness (QED) is 0.659. The van der Waals surface area contributed by atoms with Crippen LogP contribution in [0.4, 0.5) is 0 Å². The van der Waals surface area contributed by atoms with Crippen LogP contribution in [0.3, 0.4) is 0 Å². The summed E-state index contributed by atoms with van der Waals surface area (Å²) in [7, 11) is 0. The zero-order valence-electron chi connectivity index (χ0n) is 17.8. The summed E-state index contributed by atoms with van der Waals surface area (Å²) >= 11 is 3.69. The van der Waals surface area contributed by atoms with Gasteiger partial charge in [-0.3, -0.25) is 9.69 Å². The first-order valence-corrected chi connectivity index (χ1v) is 11.7. The predicted molar refractivity (Wildman–Crippen MR) is 123 cm³/mol. The van der Waals surface area contributed by atoms with E-state index in [0.717, 1.165) is 48.0 Å². The maximum atomic E-state index is 12.1. The van der Waals surface area contributed by atoms with E-state index in [2.05, 4.69) is 46.8 Å². The summed E-state index contributed by atoms with van der Waals surface area (Å²) in [5.74, 6) is 0.174. The van der Waals surface area contributed by atoms with Crippen LogP contribution in [0.2, 0.25) is 0 Å². The van der Waals surface area contributed by atoms with Crippen LogP contribution in [-0.2, 0) is 11.1 Å². The molecule has 1 heterocycles. The topological polar surface area (TPSA) is 66.6 Å². The zero-order chi connectivity index (χ0) is 21.5. The predicted octanol–water partition coefficient (Wildman–Crippen LogP) is 4.79. The molecule has 30 heavy (non-hydrogen) atoms. The minimum Gasteiger partial charge on any atom is -0.371 e. The molecule has 5 heteroatoms. The summed E-state index contributed by atoms with van der Waals surface area (Å²) in [6, 6.07) is 15.8. The van der Waals surface area contributed by atoms with Crippen LogP contribution in [-0.4, -0.2) is 29.0 Å². The molecule has 2 aromatic rings. The monoisotopic (exact) mass is 470 g/mol. The fraction of sp³-hybridized carbons (Fsp3) is 0.480. The molecule has 160 valence electrons. The van der Waals surface area contributed by atoms with Gasteiger partial charge < -0.3 is 10.8 Å². The van der Waals surface area contributed by atoms with Crippen LogP contribution in [0.1, 0.15) is 61.0 Å². The summed E-state index contributed by atoms with van der Waals surface area (Å²) < 4.78 is 0.967. The Morgan fingerprint density at radius 1 is 1.23 bits per heavy atom. The fourth-order valence-electron chi connectivity index (χ4n) is 5.22. The molecule has 2 aromatic carbocycles. The van der Waals surface area contributed by atoms with E-state index in [9.17, 15) is 9.90 Å². The second-order valence-corrected chi connectivity index (χ2v) is 10.1. The Bertz CT molecular complexity index is 944. The van der Waals surface area contributed by atoms with E-state index in [4.69, 9.17) is 5.73 Å². The molecule has 0 bridgehead atoms. The molecule has 0 spiro atoms. The van der Waals surface area contributed by atoms with Crippen LogP contribution in [0.15, 0.2) is 53.0 Å². The molecule has 1 saturated heterocycles. The molecule has 3 atom stereocenters. The second kappa shape index (κ2) is 8.10. The largest absolute Gasteiger partial charge is 0.371 e. The average Bonchev–Trinajstić information content (AvgIpc) is 2.69. The third-order valence-electron chi connectivity index (χ3n) is 7.72. The summed E-state index contributed by atoms with van der Waals surface area (Å²) in [5, 5.41) is 12.1. The molecule has 3 N–H and O–H groups in total. The van der Waals surface area contributed by atoms with E-state index in [1.165, 1.54) is 6.42 Å². The molecule has 3 unspecified atom stereocenters. The standard InChI is InChI=1S/C25H31BrN2O2/c1-17-16-28(14-13-24(17,2)20-10-5-7-18(15-20)23(27)29)25(30,19-8-6-9-19)21-11-3-4-12-22(21)26/h3-5,7,10-12,15,17,19,30H,6,8-9,13-14,16H2,1-2H3,(H2,27,29). The van der Waals surface area contributed by atoms with Crippen molar-refractivity contribution in [3.05, 3.63) is 69.7 Å². The van der Waals surface area contributed by atoms with E-state index < -0.39 is 5.72 Å². The third-order valence-corrected chi connectivity index (χ3v) is 8.41. The molecular weight excluding hydrogens is 440 g/mol. The highest BCUT2D eigenvalue weighted by atomic mass is 79.9. The SMILES string of the molecule is CC1CN(C(O)(c2ccccc2Br)C2CCC2)CCC1(C)c1cccc(C(N)=O)c1. The number of halogens is 1. The van der Waals surface area contributed by atoms with Crippen molar-refractivity contribution in [2.45, 2.75) is 50.7 Å². The molecule has 4 nitrogen and oxygen atoms in total. The third kappa shape index (κ3) is 3.51. The van der Waals surface area contributed by atoms with Gasteiger partial charge in [0, 0.05) is 34.6 Å². The van der Waals surface area contributed by atoms with Crippen LogP contribution in [0.25, 0.3) is 0 Å². The number of aliphatic hydroxyl groups is 1. The summed E-state index contributed by atoms with van der Waals surface area (Å²) in [5.41, 5.74) is 7.17. The lowest BCUT2D eigenvalue weighted by molar-refractivity contribution is -0.194. The number of benzene rings is 2. The number of hydrogen-bond donors (Lipinski definition) is 2. The highest BCUT2D eigenvalue weighted by Crippen LogP contribution is 2.50. The fourth-order valence-corrected chi connectivity index (χ4v) is 5.80. The maximum absolute atomic E-state index is 12.1. The van der Waals surface area contributed by atoms with Crippen molar-refractivity contribution in [3.8, 4) is 0 Å². The van der Waals surface area contributed by atoms with Gasteiger partial charge in [0.05, 0.1) is 0 Å². The Balaban J connectivity index is 1.65. The van der Waals surface area contributed by atoms with Crippen LogP contribution >= 0.6 is 15.9 Å². The zero-order valence-corrected chi connectivity index (χ0v) is 19.4. The molecule has 1 aliphatic carbocycles. The Morgan fingerprint density at radius 2 is 1.97 bits per heavy atom. The van der Waals surface area contributed by atoms with Crippen LogP contribution in [0, 0.1) is 11.8 Å². The minimum absolute atomic E-state index is 0.0730. The van der Waals surface area contributed by atoms with Gasteiger partial charge in [0.25, 0.3) is 0 Å². The first kappa shape index (κ1) is 21.5. The maximum Gasteiger partial charge on any atom is 0.248 e. The van der Waals surface area contributed by atoms with E-state index in [1.807, 2.05) is 30.3 Å². The lowest BCUT2D eigenvalue weighted by Crippen LogP contribution is -2.59. The first-order valence-electron chi connectivity index (χ1n) is 10.9. The smallest absolute Gasteiger partial charge is 0.248 e. The number of primary amides is 1. The van der Waals surface area contributed by atoms with Crippen molar-refractivity contribution < 1.29 is 9.90 Å². The Kier molecular flexibility index (Phi) is 5.82. The van der Waals surface area contributed by atoms with Crippen molar-refractivity contribution in [3.63, 3.8) is 0 Å². The first-order chi connectivity index (χ1) is 14.3. The number of nitrogens with two attached hydrogens (primary N) is 1. The molecule has 2 fully saturated rings. The molecule has 1 saturated carbocycles. The van der Waals surface area contributed by atoms with Crippen molar-refractivity contribution >= 4 is 21.8 Å². The van der Waals surface area contributed by atoms with Gasteiger partial charge in [-0.2, -0.15) is 0 Å². The van der Waals surface area contributed by atoms with Crippen molar-refractivity contribution in [2.24, 2.45) is 17.6 Å². The summed E-state index contributed by atoms with van der Waals surface area (Å²) in [4.78, 5) is 14.0. The summed E-state index contributed by atoms with van der Waals surface area (Å²) in [6.45, 7) is 6.13. The van der Waals surface area contributed by atoms with Crippen molar-refractivity contribution in [2.75, 3.05) is 13.1 Å².